The maximum atomic E-state index is 5.53. The Labute approximate surface area is 101 Å². The van der Waals surface area contributed by atoms with Gasteiger partial charge in [-0.05, 0) is 18.8 Å². The molecule has 0 bridgehead atoms. The highest BCUT2D eigenvalue weighted by Gasteiger charge is 2.20. The Kier molecular flexibility index (Phi) is 4.12. The van der Waals surface area contributed by atoms with Crippen LogP contribution in [0.5, 0.6) is 0 Å². The van der Waals surface area contributed by atoms with E-state index in [9.17, 15) is 0 Å². The van der Waals surface area contributed by atoms with Gasteiger partial charge in [0.15, 0.2) is 0 Å². The van der Waals surface area contributed by atoms with Gasteiger partial charge in [0.1, 0.15) is 5.82 Å². The van der Waals surface area contributed by atoms with Crippen LogP contribution < -0.4 is 5.32 Å². The number of ether oxygens (including phenoxy) is 1. The smallest absolute Gasteiger partial charge is 0.202 e. The van der Waals surface area contributed by atoms with Crippen molar-refractivity contribution < 1.29 is 4.74 Å². The molecule has 0 spiro atoms. The lowest BCUT2D eigenvalue weighted by atomic mass is 10.2. The van der Waals surface area contributed by atoms with Crippen molar-refractivity contribution in [2.24, 2.45) is 5.92 Å². The first-order chi connectivity index (χ1) is 7.75. The van der Waals surface area contributed by atoms with Crippen LogP contribution in [0.2, 0.25) is 0 Å². The van der Waals surface area contributed by atoms with Crippen LogP contribution in [0, 0.1) is 5.92 Å². The molecule has 1 N–H and O–H groups in total. The van der Waals surface area contributed by atoms with Crippen molar-refractivity contribution in [3.8, 4) is 0 Å². The average molecular weight is 241 g/mol. The van der Waals surface area contributed by atoms with E-state index in [1.165, 1.54) is 24.4 Å². The summed E-state index contributed by atoms with van der Waals surface area (Å²) in [5.74, 6) is 2.17. The Hall–Kier alpha value is -0.680. The van der Waals surface area contributed by atoms with E-state index in [-0.39, 0.29) is 0 Å². The number of hydrogen-bond donors (Lipinski definition) is 1. The number of aromatic nitrogens is 2. The first-order valence-corrected chi connectivity index (χ1v) is 6.68. The molecule has 0 aliphatic heterocycles. The van der Waals surface area contributed by atoms with Crippen LogP contribution in [0.15, 0.2) is 0 Å². The third-order valence-corrected chi connectivity index (χ3v) is 3.22. The van der Waals surface area contributed by atoms with Crippen LogP contribution in [0.25, 0.3) is 0 Å². The molecule has 5 heteroatoms. The largest absolute Gasteiger partial charge is 0.379 e. The summed E-state index contributed by atoms with van der Waals surface area (Å²) in [6.07, 6.45) is 2.70. The molecule has 1 aliphatic rings. The fraction of sp³-hybridized carbons (Fsp3) is 0.818. The molecule has 0 radical (unpaired) electrons. The van der Waals surface area contributed by atoms with Gasteiger partial charge in [-0.25, -0.2) is 4.98 Å². The Morgan fingerprint density at radius 3 is 2.94 bits per heavy atom. The lowest BCUT2D eigenvalue weighted by Crippen LogP contribution is -2.10. The van der Waals surface area contributed by atoms with Gasteiger partial charge in [0.2, 0.25) is 5.13 Å². The van der Waals surface area contributed by atoms with Crippen molar-refractivity contribution in [1.29, 1.82) is 0 Å². The first kappa shape index (κ1) is 11.8. The molecular weight excluding hydrogens is 222 g/mol. The number of rotatable bonds is 7. The van der Waals surface area contributed by atoms with Crippen molar-refractivity contribution in [3.05, 3.63) is 5.82 Å². The van der Waals surface area contributed by atoms with Crippen LogP contribution in [0.3, 0.4) is 0 Å². The monoisotopic (exact) mass is 241 g/mol. The topological polar surface area (TPSA) is 47.0 Å². The second kappa shape index (κ2) is 5.59. The maximum absolute atomic E-state index is 5.53. The van der Waals surface area contributed by atoms with Crippen molar-refractivity contribution in [2.75, 3.05) is 25.1 Å². The lowest BCUT2D eigenvalue weighted by Gasteiger charge is -2.03. The van der Waals surface area contributed by atoms with E-state index in [1.54, 1.807) is 0 Å². The third kappa shape index (κ3) is 3.72. The summed E-state index contributed by atoms with van der Waals surface area (Å²) in [7, 11) is 0. The number of nitrogens with zero attached hydrogens (tertiary/aromatic N) is 2. The zero-order chi connectivity index (χ0) is 11.4. The second-order valence-electron chi connectivity index (χ2n) is 4.56. The summed E-state index contributed by atoms with van der Waals surface area (Å²) in [6.45, 7) is 6.71. The first-order valence-electron chi connectivity index (χ1n) is 5.91. The van der Waals surface area contributed by atoms with Gasteiger partial charge >= 0.3 is 0 Å². The van der Waals surface area contributed by atoms with E-state index in [4.69, 9.17) is 4.74 Å². The minimum atomic E-state index is 0.401. The third-order valence-electron chi connectivity index (χ3n) is 2.53. The quantitative estimate of drug-likeness (QED) is 0.745. The summed E-state index contributed by atoms with van der Waals surface area (Å²) in [5, 5.41) is 4.14. The number of nitrogens with one attached hydrogen (secondary N) is 1. The molecule has 0 aromatic carbocycles. The van der Waals surface area contributed by atoms with Crippen LogP contribution in [-0.4, -0.2) is 29.1 Å². The molecule has 0 amide bonds. The molecule has 1 saturated carbocycles. The molecule has 2 rings (SSSR count). The molecule has 1 fully saturated rings. The minimum Gasteiger partial charge on any atom is -0.379 e. The summed E-state index contributed by atoms with van der Waals surface area (Å²) in [6, 6.07) is 0. The minimum absolute atomic E-state index is 0.401. The Morgan fingerprint density at radius 2 is 2.31 bits per heavy atom. The highest BCUT2D eigenvalue weighted by Crippen LogP contribution is 2.28. The van der Waals surface area contributed by atoms with Gasteiger partial charge in [0.25, 0.3) is 0 Å². The predicted molar refractivity (Wildman–Crippen MR) is 66.0 cm³/mol. The summed E-state index contributed by atoms with van der Waals surface area (Å²) < 4.78 is 9.81. The van der Waals surface area contributed by atoms with Crippen molar-refractivity contribution in [3.63, 3.8) is 0 Å². The molecule has 0 unspecified atom stereocenters. The van der Waals surface area contributed by atoms with Crippen LogP contribution in [0.1, 0.15) is 38.4 Å². The number of anilines is 1. The standard InChI is InChI=1S/C11H19N3OS/c1-8(2)10-13-11(16-14-10)12-5-6-15-7-9-3-4-9/h8-9H,3-7H2,1-2H3,(H,12,13,14). The van der Waals surface area contributed by atoms with Crippen LogP contribution >= 0.6 is 11.5 Å². The molecule has 16 heavy (non-hydrogen) atoms. The fourth-order valence-corrected chi connectivity index (χ4v) is 2.04. The molecular formula is C11H19N3OS. The molecule has 0 atom stereocenters. The molecule has 90 valence electrons. The predicted octanol–water partition coefficient (Wildman–Crippen LogP) is 2.50. The molecule has 1 aliphatic carbocycles. The molecule has 1 aromatic rings. The molecule has 1 heterocycles. The second-order valence-corrected chi connectivity index (χ2v) is 5.31. The van der Waals surface area contributed by atoms with Crippen LogP contribution in [-0.2, 0) is 4.74 Å². The Bertz CT molecular complexity index is 323. The van der Waals surface area contributed by atoms with E-state index in [0.29, 0.717) is 5.92 Å². The Morgan fingerprint density at radius 1 is 1.50 bits per heavy atom. The zero-order valence-corrected chi connectivity index (χ0v) is 10.7. The SMILES string of the molecule is CC(C)c1nsc(NCCOCC2CC2)n1. The maximum Gasteiger partial charge on any atom is 0.202 e. The van der Waals surface area contributed by atoms with Gasteiger partial charge in [-0.2, -0.15) is 4.37 Å². The normalized spacial score (nSPS) is 15.7. The molecule has 1 aromatic heterocycles. The fourth-order valence-electron chi connectivity index (χ4n) is 1.31. The van der Waals surface area contributed by atoms with Crippen molar-refractivity contribution in [1.82, 2.24) is 9.36 Å². The Balaban J connectivity index is 1.60. The van der Waals surface area contributed by atoms with E-state index in [0.717, 1.165) is 36.6 Å². The van der Waals surface area contributed by atoms with Gasteiger partial charge in [-0.3, -0.25) is 0 Å². The van der Waals surface area contributed by atoms with E-state index in [1.807, 2.05) is 0 Å². The van der Waals surface area contributed by atoms with Crippen LogP contribution in [0.4, 0.5) is 5.13 Å². The summed E-state index contributed by atoms with van der Waals surface area (Å²) in [4.78, 5) is 4.40. The highest BCUT2D eigenvalue weighted by atomic mass is 32.1. The lowest BCUT2D eigenvalue weighted by molar-refractivity contribution is 0.134. The van der Waals surface area contributed by atoms with E-state index < -0.39 is 0 Å². The zero-order valence-electron chi connectivity index (χ0n) is 9.90. The summed E-state index contributed by atoms with van der Waals surface area (Å²) in [5.41, 5.74) is 0. The van der Waals surface area contributed by atoms with Gasteiger partial charge in [-0.1, -0.05) is 13.8 Å². The van der Waals surface area contributed by atoms with Gasteiger partial charge < -0.3 is 10.1 Å². The van der Waals surface area contributed by atoms with E-state index >= 15 is 0 Å². The van der Waals surface area contributed by atoms with Gasteiger partial charge in [0.05, 0.1) is 6.61 Å². The molecule has 4 nitrogen and oxygen atoms in total. The van der Waals surface area contributed by atoms with Gasteiger partial charge in [0, 0.05) is 30.6 Å². The number of hydrogen-bond acceptors (Lipinski definition) is 5. The molecule has 0 saturated heterocycles. The average Bonchev–Trinajstić information content (AvgIpc) is 2.94. The highest BCUT2D eigenvalue weighted by molar-refractivity contribution is 7.09. The van der Waals surface area contributed by atoms with Crippen molar-refractivity contribution >= 4 is 16.7 Å². The van der Waals surface area contributed by atoms with E-state index in [2.05, 4.69) is 28.5 Å². The van der Waals surface area contributed by atoms with Gasteiger partial charge in [-0.15, -0.1) is 0 Å². The summed E-state index contributed by atoms with van der Waals surface area (Å²) >= 11 is 1.43. The van der Waals surface area contributed by atoms with Crippen molar-refractivity contribution in [2.45, 2.75) is 32.6 Å².